The van der Waals surface area contributed by atoms with Gasteiger partial charge in [-0.05, 0) is 38.1 Å². The Morgan fingerprint density at radius 1 is 1.35 bits per heavy atom. The molecule has 0 radical (unpaired) electrons. The highest BCUT2D eigenvalue weighted by molar-refractivity contribution is 5.61. The van der Waals surface area contributed by atoms with E-state index in [1.807, 2.05) is 14.0 Å². The maximum Gasteiger partial charge on any atom is 0.418 e. The summed E-state index contributed by atoms with van der Waals surface area (Å²) >= 11 is 0. The van der Waals surface area contributed by atoms with Gasteiger partial charge in [-0.2, -0.15) is 13.2 Å². The number of aldehydes is 1. The van der Waals surface area contributed by atoms with E-state index in [2.05, 4.69) is 5.32 Å². The van der Waals surface area contributed by atoms with Gasteiger partial charge in [0.25, 0.3) is 0 Å². The summed E-state index contributed by atoms with van der Waals surface area (Å²) in [6, 6.07) is 4.39. The molecule has 0 bridgehead atoms. The van der Waals surface area contributed by atoms with Crippen molar-refractivity contribution in [2.45, 2.75) is 38.4 Å². The Morgan fingerprint density at radius 2 is 1.91 bits per heavy atom. The van der Waals surface area contributed by atoms with Crippen molar-refractivity contribution < 1.29 is 18.0 Å². The molecule has 0 aromatic heterocycles. The van der Waals surface area contributed by atoms with Crippen LogP contribution in [0.2, 0.25) is 0 Å². The van der Waals surface area contributed by atoms with Crippen LogP contribution >= 0.6 is 0 Å². The van der Waals surface area contributed by atoms with Crippen molar-refractivity contribution in [3.63, 3.8) is 0 Å². The maximum absolute atomic E-state index is 13.0. The zero-order chi connectivity index (χ0) is 17.5. The van der Waals surface area contributed by atoms with E-state index in [-0.39, 0.29) is 11.4 Å². The van der Waals surface area contributed by atoms with Crippen LogP contribution in [0.25, 0.3) is 0 Å². The highest BCUT2D eigenvalue weighted by atomic mass is 19.4. The number of benzene rings is 1. The second-order valence-corrected chi connectivity index (χ2v) is 5.40. The lowest BCUT2D eigenvalue weighted by atomic mass is 10.0. The van der Waals surface area contributed by atoms with Crippen LogP contribution in [0.1, 0.15) is 31.7 Å². The SMILES string of the molecule is CCC=O.CNC1CCN(c2ccc(N)cc2C(F)(F)F)CC1. The summed E-state index contributed by atoms with van der Waals surface area (Å²) in [7, 11) is 1.88. The summed E-state index contributed by atoms with van der Waals surface area (Å²) in [4.78, 5) is 11.0. The number of hydrogen-bond donors (Lipinski definition) is 2. The Balaban J connectivity index is 0.000000593. The Bertz CT molecular complexity index is 498. The molecular formula is C16H24F3N3O. The molecule has 7 heteroatoms. The molecule has 23 heavy (non-hydrogen) atoms. The molecule has 1 heterocycles. The summed E-state index contributed by atoms with van der Waals surface area (Å²) in [5, 5.41) is 3.16. The van der Waals surface area contributed by atoms with E-state index in [4.69, 9.17) is 5.73 Å². The summed E-state index contributed by atoms with van der Waals surface area (Å²) < 4.78 is 39.1. The van der Waals surface area contributed by atoms with E-state index in [1.54, 1.807) is 4.90 Å². The van der Waals surface area contributed by atoms with E-state index in [1.165, 1.54) is 12.1 Å². The van der Waals surface area contributed by atoms with Crippen molar-refractivity contribution in [3.05, 3.63) is 23.8 Å². The molecule has 4 nitrogen and oxygen atoms in total. The number of anilines is 2. The van der Waals surface area contributed by atoms with Crippen molar-refractivity contribution >= 4 is 17.7 Å². The molecule has 0 unspecified atom stereocenters. The van der Waals surface area contributed by atoms with Gasteiger partial charge in [0.05, 0.1) is 5.56 Å². The fourth-order valence-electron chi connectivity index (χ4n) is 2.47. The van der Waals surface area contributed by atoms with Crippen molar-refractivity contribution in [2.75, 3.05) is 30.8 Å². The third-order valence-electron chi connectivity index (χ3n) is 3.74. The third-order valence-corrected chi connectivity index (χ3v) is 3.74. The van der Waals surface area contributed by atoms with Crippen LogP contribution in [-0.4, -0.2) is 32.5 Å². The zero-order valence-corrected chi connectivity index (χ0v) is 13.5. The predicted molar refractivity (Wildman–Crippen MR) is 86.5 cm³/mol. The summed E-state index contributed by atoms with van der Waals surface area (Å²) in [6.45, 7) is 3.06. The van der Waals surface area contributed by atoms with Crippen LogP contribution in [-0.2, 0) is 11.0 Å². The molecule has 1 aliphatic heterocycles. The number of alkyl halides is 3. The maximum atomic E-state index is 13.0. The first-order valence-electron chi connectivity index (χ1n) is 7.66. The number of nitrogens with zero attached hydrogens (tertiary/aromatic N) is 1. The van der Waals surface area contributed by atoms with Gasteiger partial charge in [-0.3, -0.25) is 0 Å². The molecule has 130 valence electrons. The van der Waals surface area contributed by atoms with Crippen molar-refractivity contribution in [2.24, 2.45) is 0 Å². The summed E-state index contributed by atoms with van der Waals surface area (Å²) in [5.74, 6) is 0. The van der Waals surface area contributed by atoms with E-state index >= 15 is 0 Å². The van der Waals surface area contributed by atoms with Gasteiger partial charge in [0.1, 0.15) is 6.29 Å². The van der Waals surface area contributed by atoms with Crippen LogP contribution in [0.4, 0.5) is 24.5 Å². The molecule has 2 rings (SSSR count). The topological polar surface area (TPSA) is 58.4 Å². The number of piperidine rings is 1. The minimum absolute atomic E-state index is 0.140. The molecule has 0 aliphatic carbocycles. The molecule has 1 aromatic carbocycles. The van der Waals surface area contributed by atoms with Gasteiger partial charge in [-0.15, -0.1) is 0 Å². The Kier molecular flexibility index (Phi) is 7.35. The van der Waals surface area contributed by atoms with Gasteiger partial charge in [-0.1, -0.05) is 6.92 Å². The number of nitrogens with one attached hydrogen (secondary N) is 1. The van der Waals surface area contributed by atoms with Gasteiger partial charge in [0, 0.05) is 36.9 Å². The van der Waals surface area contributed by atoms with Crippen molar-refractivity contribution in [1.29, 1.82) is 0 Å². The summed E-state index contributed by atoms with van der Waals surface area (Å²) in [5.41, 5.74) is 5.20. The molecule has 0 atom stereocenters. The minimum atomic E-state index is -4.37. The van der Waals surface area contributed by atoms with E-state index in [9.17, 15) is 18.0 Å². The van der Waals surface area contributed by atoms with Gasteiger partial charge in [0.2, 0.25) is 0 Å². The highest BCUT2D eigenvalue weighted by Crippen LogP contribution is 2.38. The Labute approximate surface area is 134 Å². The molecule has 1 aromatic rings. The number of carbonyl (C=O) groups is 1. The van der Waals surface area contributed by atoms with Crippen LogP contribution < -0.4 is 16.0 Å². The molecule has 0 spiro atoms. The molecule has 1 saturated heterocycles. The van der Waals surface area contributed by atoms with Crippen LogP contribution in [0.15, 0.2) is 18.2 Å². The van der Waals surface area contributed by atoms with Crippen LogP contribution in [0.3, 0.4) is 0 Å². The smallest absolute Gasteiger partial charge is 0.399 e. The van der Waals surface area contributed by atoms with Crippen LogP contribution in [0.5, 0.6) is 0 Å². The first-order valence-corrected chi connectivity index (χ1v) is 7.66. The quantitative estimate of drug-likeness (QED) is 0.660. The summed E-state index contributed by atoms with van der Waals surface area (Å²) in [6.07, 6.45) is -1.17. The molecule has 0 amide bonds. The molecular weight excluding hydrogens is 307 g/mol. The first-order chi connectivity index (χ1) is 10.8. The predicted octanol–water partition coefficient (Wildman–Crippen LogP) is 3.07. The first kappa shape index (κ1) is 19.3. The lowest BCUT2D eigenvalue weighted by molar-refractivity contribution is -0.137. The van der Waals surface area contributed by atoms with E-state index in [0.717, 1.165) is 25.2 Å². The normalized spacial score (nSPS) is 15.8. The average molecular weight is 331 g/mol. The molecule has 3 N–H and O–H groups in total. The standard InChI is InChI=1S/C13H18F3N3.C3H6O/c1-18-10-4-6-19(7-5-10)12-3-2-9(17)8-11(12)13(14,15)16;1-2-3-4/h2-3,8,10,18H,4-7,17H2,1H3;3H,2H2,1H3. The number of nitrogen functional groups attached to an aromatic ring is 1. The number of hydrogen-bond acceptors (Lipinski definition) is 4. The van der Waals surface area contributed by atoms with E-state index in [0.29, 0.717) is 25.6 Å². The fourth-order valence-corrected chi connectivity index (χ4v) is 2.47. The average Bonchev–Trinajstić information content (AvgIpc) is 2.54. The van der Waals surface area contributed by atoms with Gasteiger partial charge < -0.3 is 20.7 Å². The Morgan fingerprint density at radius 3 is 2.35 bits per heavy atom. The minimum Gasteiger partial charge on any atom is -0.399 e. The Hall–Kier alpha value is -1.76. The second-order valence-electron chi connectivity index (χ2n) is 5.40. The highest BCUT2D eigenvalue weighted by Gasteiger charge is 2.35. The van der Waals surface area contributed by atoms with Crippen LogP contribution in [0, 0.1) is 0 Å². The van der Waals surface area contributed by atoms with Crippen molar-refractivity contribution in [1.82, 2.24) is 5.32 Å². The van der Waals surface area contributed by atoms with Crippen molar-refractivity contribution in [3.8, 4) is 0 Å². The zero-order valence-electron chi connectivity index (χ0n) is 13.5. The van der Waals surface area contributed by atoms with Gasteiger partial charge >= 0.3 is 6.18 Å². The largest absolute Gasteiger partial charge is 0.418 e. The number of nitrogens with two attached hydrogens (primary N) is 1. The molecule has 0 saturated carbocycles. The van der Waals surface area contributed by atoms with Gasteiger partial charge in [-0.25, -0.2) is 0 Å². The number of carbonyl (C=O) groups excluding carboxylic acids is 1. The number of halogens is 3. The monoisotopic (exact) mass is 331 g/mol. The lowest BCUT2D eigenvalue weighted by Gasteiger charge is -2.35. The van der Waals surface area contributed by atoms with Gasteiger partial charge in [0.15, 0.2) is 0 Å². The second kappa shape index (κ2) is 8.76. The van der Waals surface area contributed by atoms with E-state index < -0.39 is 11.7 Å². The number of rotatable bonds is 3. The molecule has 1 aliphatic rings. The lowest BCUT2D eigenvalue weighted by Crippen LogP contribution is -2.41. The fraction of sp³-hybridized carbons (Fsp3) is 0.562. The molecule has 1 fully saturated rings. The third kappa shape index (κ3) is 5.74.